The molecule has 3 N–H and O–H groups in total. The molecule has 0 atom stereocenters. The van der Waals surface area contributed by atoms with E-state index in [4.69, 9.17) is 27.5 Å². The zero-order valence-corrected chi connectivity index (χ0v) is 11.0. The Morgan fingerprint density at radius 3 is 2.55 bits per heavy atom. The predicted octanol–water partition coefficient (Wildman–Crippen LogP) is 3.48. The molecule has 0 bridgehead atoms. The average Bonchev–Trinajstić information content (AvgIpc) is 2.37. The molecule has 2 aromatic carbocycles. The maximum absolute atomic E-state index is 13.4. The average molecular weight is 297 g/mol. The number of halogens is 3. The minimum absolute atomic E-state index is 0.0311. The molecule has 0 aromatic heterocycles. The summed E-state index contributed by atoms with van der Waals surface area (Å²) in [4.78, 5) is 0. The first-order valence-electron chi connectivity index (χ1n) is 5.67. The Morgan fingerprint density at radius 2 is 1.90 bits per heavy atom. The molecule has 20 heavy (non-hydrogen) atoms. The van der Waals surface area contributed by atoms with Gasteiger partial charge in [0.05, 0.1) is 5.02 Å². The summed E-state index contributed by atoms with van der Waals surface area (Å²) >= 11 is 5.82. The van der Waals surface area contributed by atoms with Crippen molar-refractivity contribution in [3.05, 3.63) is 64.2 Å². The van der Waals surface area contributed by atoms with Gasteiger partial charge in [0, 0.05) is 5.56 Å². The van der Waals surface area contributed by atoms with Crippen LogP contribution in [-0.2, 0) is 6.61 Å². The van der Waals surface area contributed by atoms with Crippen LogP contribution in [0, 0.1) is 17.0 Å². The third kappa shape index (κ3) is 3.45. The van der Waals surface area contributed by atoms with E-state index in [0.29, 0.717) is 11.3 Å². The number of benzene rings is 2. The fourth-order valence-electron chi connectivity index (χ4n) is 1.64. The third-order valence-corrected chi connectivity index (χ3v) is 2.85. The monoisotopic (exact) mass is 296 g/mol. The molecule has 0 aliphatic heterocycles. The van der Waals surface area contributed by atoms with Crippen LogP contribution in [0.5, 0.6) is 5.75 Å². The lowest BCUT2D eigenvalue weighted by Gasteiger charge is -2.09. The molecule has 2 aromatic rings. The summed E-state index contributed by atoms with van der Waals surface area (Å²) in [6.45, 7) is 0.0311. The van der Waals surface area contributed by atoms with Gasteiger partial charge in [-0.05, 0) is 42.0 Å². The van der Waals surface area contributed by atoms with Gasteiger partial charge in [0.1, 0.15) is 29.8 Å². The smallest absolute Gasteiger partial charge is 0.138 e. The minimum atomic E-state index is -0.512. The van der Waals surface area contributed by atoms with Crippen LogP contribution in [0.2, 0.25) is 5.02 Å². The Labute approximate surface area is 119 Å². The molecular formula is C14H11ClF2N2O. The second-order valence-corrected chi connectivity index (χ2v) is 4.53. The lowest BCUT2D eigenvalue weighted by Crippen LogP contribution is -2.12. The number of nitrogens with one attached hydrogen (secondary N) is 1. The second kappa shape index (κ2) is 5.88. The Morgan fingerprint density at radius 1 is 1.15 bits per heavy atom. The standard InChI is InChI=1S/C14H11ClF2N2O/c15-12-6-10(16)1-2-13(12)20-7-8-3-9(14(18)19)5-11(17)4-8/h1-6H,7H2,(H3,18,19). The van der Waals surface area contributed by atoms with Gasteiger partial charge < -0.3 is 10.5 Å². The van der Waals surface area contributed by atoms with Gasteiger partial charge in [-0.2, -0.15) is 0 Å². The number of nitrogens with two attached hydrogens (primary N) is 1. The maximum Gasteiger partial charge on any atom is 0.138 e. The molecule has 104 valence electrons. The lowest BCUT2D eigenvalue weighted by molar-refractivity contribution is 0.305. The number of hydrogen-bond acceptors (Lipinski definition) is 2. The maximum atomic E-state index is 13.4. The van der Waals surface area contributed by atoms with Crippen LogP contribution in [0.25, 0.3) is 0 Å². The second-order valence-electron chi connectivity index (χ2n) is 4.13. The number of nitrogen functional groups attached to an aromatic ring is 1. The van der Waals surface area contributed by atoms with E-state index in [1.165, 1.54) is 18.2 Å². The van der Waals surface area contributed by atoms with Crippen molar-refractivity contribution in [1.82, 2.24) is 0 Å². The van der Waals surface area contributed by atoms with E-state index in [1.807, 2.05) is 0 Å². The molecule has 0 saturated heterocycles. The summed E-state index contributed by atoms with van der Waals surface area (Å²) in [5, 5.41) is 7.42. The van der Waals surface area contributed by atoms with Gasteiger partial charge >= 0.3 is 0 Å². The molecule has 3 nitrogen and oxygen atoms in total. The van der Waals surface area contributed by atoms with Crippen molar-refractivity contribution < 1.29 is 13.5 Å². The predicted molar refractivity (Wildman–Crippen MR) is 73.2 cm³/mol. The fourth-order valence-corrected chi connectivity index (χ4v) is 1.86. The number of amidine groups is 1. The Balaban J connectivity index is 2.16. The lowest BCUT2D eigenvalue weighted by atomic mass is 10.1. The van der Waals surface area contributed by atoms with Crippen molar-refractivity contribution >= 4 is 17.4 Å². The normalized spacial score (nSPS) is 10.3. The summed E-state index contributed by atoms with van der Waals surface area (Å²) in [5.74, 6) is -0.916. The summed E-state index contributed by atoms with van der Waals surface area (Å²) in [5.41, 5.74) is 6.08. The van der Waals surface area contributed by atoms with Crippen molar-refractivity contribution in [3.8, 4) is 5.75 Å². The molecule has 0 saturated carbocycles. The van der Waals surface area contributed by atoms with Crippen molar-refractivity contribution in [3.63, 3.8) is 0 Å². The highest BCUT2D eigenvalue weighted by Gasteiger charge is 2.06. The van der Waals surface area contributed by atoms with Crippen LogP contribution in [0.15, 0.2) is 36.4 Å². The summed E-state index contributed by atoms with van der Waals surface area (Å²) in [6.07, 6.45) is 0. The largest absolute Gasteiger partial charge is 0.487 e. The van der Waals surface area contributed by atoms with Crippen LogP contribution in [0.1, 0.15) is 11.1 Å². The summed E-state index contributed by atoms with van der Waals surface area (Å²) in [7, 11) is 0. The molecule has 0 radical (unpaired) electrons. The van der Waals surface area contributed by atoms with Gasteiger partial charge in [0.2, 0.25) is 0 Å². The van der Waals surface area contributed by atoms with Crippen molar-refractivity contribution in [2.24, 2.45) is 5.73 Å². The van der Waals surface area contributed by atoms with Crippen LogP contribution in [0.3, 0.4) is 0 Å². The van der Waals surface area contributed by atoms with E-state index in [2.05, 4.69) is 0 Å². The zero-order chi connectivity index (χ0) is 14.7. The molecule has 0 aliphatic carbocycles. The SMILES string of the molecule is N=C(N)c1cc(F)cc(COc2ccc(F)cc2Cl)c1. The Hall–Kier alpha value is -2.14. The quantitative estimate of drug-likeness (QED) is 0.670. The molecule has 2 rings (SSSR count). The van der Waals surface area contributed by atoms with E-state index in [0.717, 1.165) is 12.1 Å². The molecule has 0 heterocycles. The fraction of sp³-hybridized carbons (Fsp3) is 0.0714. The summed E-state index contributed by atoms with van der Waals surface area (Å²) < 4.78 is 31.6. The summed E-state index contributed by atoms with van der Waals surface area (Å²) in [6, 6.07) is 7.71. The first-order chi connectivity index (χ1) is 9.45. The highest BCUT2D eigenvalue weighted by atomic mass is 35.5. The molecule has 0 spiro atoms. The van der Waals surface area contributed by atoms with E-state index >= 15 is 0 Å². The van der Waals surface area contributed by atoms with Crippen LogP contribution >= 0.6 is 11.6 Å². The van der Waals surface area contributed by atoms with Gasteiger partial charge in [-0.25, -0.2) is 8.78 Å². The van der Waals surface area contributed by atoms with Crippen LogP contribution in [-0.4, -0.2) is 5.84 Å². The van der Waals surface area contributed by atoms with E-state index < -0.39 is 11.6 Å². The highest BCUT2D eigenvalue weighted by molar-refractivity contribution is 6.32. The van der Waals surface area contributed by atoms with Crippen molar-refractivity contribution in [1.29, 1.82) is 5.41 Å². The molecule has 0 fully saturated rings. The first kappa shape index (κ1) is 14.3. The van der Waals surface area contributed by atoms with Crippen molar-refractivity contribution in [2.75, 3.05) is 0 Å². The molecule has 0 amide bonds. The minimum Gasteiger partial charge on any atom is -0.487 e. The Kier molecular flexibility index (Phi) is 4.20. The first-order valence-corrected chi connectivity index (χ1v) is 6.05. The van der Waals surface area contributed by atoms with Gasteiger partial charge in [-0.3, -0.25) is 5.41 Å². The number of hydrogen-bond donors (Lipinski definition) is 2. The highest BCUT2D eigenvalue weighted by Crippen LogP contribution is 2.25. The van der Waals surface area contributed by atoms with E-state index in [-0.39, 0.29) is 23.0 Å². The van der Waals surface area contributed by atoms with Crippen LogP contribution < -0.4 is 10.5 Å². The molecular weight excluding hydrogens is 286 g/mol. The Bertz CT molecular complexity index is 662. The van der Waals surface area contributed by atoms with Crippen molar-refractivity contribution in [2.45, 2.75) is 6.61 Å². The molecule has 0 aliphatic rings. The van der Waals surface area contributed by atoms with E-state index in [9.17, 15) is 8.78 Å². The van der Waals surface area contributed by atoms with Gasteiger partial charge in [-0.1, -0.05) is 11.6 Å². The number of rotatable bonds is 4. The third-order valence-electron chi connectivity index (χ3n) is 2.56. The van der Waals surface area contributed by atoms with Crippen LogP contribution in [0.4, 0.5) is 8.78 Å². The molecule has 6 heteroatoms. The van der Waals surface area contributed by atoms with Gasteiger partial charge in [-0.15, -0.1) is 0 Å². The van der Waals surface area contributed by atoms with E-state index in [1.54, 1.807) is 6.07 Å². The zero-order valence-electron chi connectivity index (χ0n) is 10.3. The van der Waals surface area contributed by atoms with Gasteiger partial charge in [0.15, 0.2) is 0 Å². The molecule has 0 unspecified atom stereocenters. The topological polar surface area (TPSA) is 59.1 Å². The number of ether oxygens (including phenoxy) is 1. The van der Waals surface area contributed by atoms with Gasteiger partial charge in [0.25, 0.3) is 0 Å².